The molecule has 1 aromatic heterocycles. The van der Waals surface area contributed by atoms with Crippen molar-refractivity contribution in [3.63, 3.8) is 0 Å². The van der Waals surface area contributed by atoms with E-state index in [1.54, 1.807) is 29.4 Å². The number of pyridine rings is 1. The van der Waals surface area contributed by atoms with Crippen LogP contribution in [0.5, 0.6) is 0 Å². The molecule has 1 aliphatic rings. The normalized spacial score (nSPS) is 16.6. The summed E-state index contributed by atoms with van der Waals surface area (Å²) < 4.78 is 0. The highest BCUT2D eigenvalue weighted by molar-refractivity contribution is 5.93. The lowest BCUT2D eigenvalue weighted by Gasteiger charge is -2.30. The van der Waals surface area contributed by atoms with E-state index in [2.05, 4.69) is 4.98 Å². The van der Waals surface area contributed by atoms with Gasteiger partial charge in [0.2, 0.25) is 5.91 Å². The molecular formula is C16H22N2O3. The number of aliphatic carboxylic acids is 1. The number of nitrogens with zero attached hydrogens (tertiary/aromatic N) is 2. The number of carbonyl (C=O) groups excluding carboxylic acids is 1. The number of hydrogen-bond acceptors (Lipinski definition) is 3. The Morgan fingerprint density at radius 1 is 1.24 bits per heavy atom. The minimum absolute atomic E-state index is 0.00634. The van der Waals surface area contributed by atoms with Crippen LogP contribution in [0, 0.1) is 5.41 Å². The smallest absolute Gasteiger partial charge is 0.303 e. The van der Waals surface area contributed by atoms with Gasteiger partial charge in [-0.3, -0.25) is 14.6 Å². The molecule has 2 rings (SSSR count). The molecule has 1 fully saturated rings. The molecule has 0 aliphatic heterocycles. The van der Waals surface area contributed by atoms with Gasteiger partial charge < -0.3 is 10.0 Å². The Kier molecular flexibility index (Phi) is 4.94. The third kappa shape index (κ3) is 3.80. The highest BCUT2D eigenvalue weighted by atomic mass is 16.4. The average Bonchev–Trinajstić information content (AvgIpc) is 2.88. The van der Waals surface area contributed by atoms with Gasteiger partial charge in [0.05, 0.1) is 6.42 Å². The maximum absolute atomic E-state index is 12.6. The Balaban J connectivity index is 2.12. The first-order valence-corrected chi connectivity index (χ1v) is 7.48. The summed E-state index contributed by atoms with van der Waals surface area (Å²) in [4.78, 5) is 29.4. The average molecular weight is 290 g/mol. The topological polar surface area (TPSA) is 70.5 Å². The molecule has 0 atom stereocenters. The zero-order chi connectivity index (χ0) is 15.3. The Morgan fingerprint density at radius 2 is 1.86 bits per heavy atom. The summed E-state index contributed by atoms with van der Waals surface area (Å²) in [5.74, 6) is -0.802. The first kappa shape index (κ1) is 15.5. The molecule has 1 saturated carbocycles. The van der Waals surface area contributed by atoms with E-state index in [9.17, 15) is 9.59 Å². The van der Waals surface area contributed by atoms with Crippen molar-refractivity contribution >= 4 is 17.6 Å². The molecule has 0 spiro atoms. The number of carboxylic acids is 1. The summed E-state index contributed by atoms with van der Waals surface area (Å²) in [7, 11) is 0. The molecule has 114 valence electrons. The molecule has 0 aromatic carbocycles. The largest absolute Gasteiger partial charge is 0.481 e. The third-order valence-corrected chi connectivity index (χ3v) is 4.31. The van der Waals surface area contributed by atoms with Gasteiger partial charge in [-0.2, -0.15) is 0 Å². The second-order valence-electron chi connectivity index (χ2n) is 5.80. The SMILES string of the molecule is CCN(C(=O)CC1(CC(=O)O)CCCC1)c1ccncc1. The molecule has 1 heterocycles. The Labute approximate surface area is 125 Å². The Bertz CT molecular complexity index is 496. The van der Waals surface area contributed by atoms with Crippen molar-refractivity contribution in [3.8, 4) is 0 Å². The summed E-state index contributed by atoms with van der Waals surface area (Å²) in [6, 6.07) is 3.61. The summed E-state index contributed by atoms with van der Waals surface area (Å²) in [6.07, 6.45) is 7.42. The number of hydrogen-bond donors (Lipinski definition) is 1. The summed E-state index contributed by atoms with van der Waals surface area (Å²) >= 11 is 0. The number of carboxylic acid groups (broad SMARTS) is 1. The monoisotopic (exact) mass is 290 g/mol. The zero-order valence-electron chi connectivity index (χ0n) is 12.4. The van der Waals surface area contributed by atoms with Gasteiger partial charge in [-0.25, -0.2) is 0 Å². The summed E-state index contributed by atoms with van der Waals surface area (Å²) in [6.45, 7) is 2.50. The van der Waals surface area contributed by atoms with Gasteiger partial charge in [-0.15, -0.1) is 0 Å². The van der Waals surface area contributed by atoms with Crippen LogP contribution in [0.15, 0.2) is 24.5 Å². The van der Waals surface area contributed by atoms with Crippen LogP contribution in [-0.4, -0.2) is 28.5 Å². The van der Waals surface area contributed by atoms with Crippen molar-refractivity contribution in [2.75, 3.05) is 11.4 Å². The first-order chi connectivity index (χ1) is 10.1. The van der Waals surface area contributed by atoms with E-state index in [0.717, 1.165) is 31.4 Å². The predicted molar refractivity (Wildman–Crippen MR) is 80.0 cm³/mol. The van der Waals surface area contributed by atoms with E-state index < -0.39 is 5.97 Å². The fraction of sp³-hybridized carbons (Fsp3) is 0.562. The van der Waals surface area contributed by atoms with Gasteiger partial charge in [0.1, 0.15) is 0 Å². The van der Waals surface area contributed by atoms with E-state index in [4.69, 9.17) is 5.11 Å². The van der Waals surface area contributed by atoms with Gasteiger partial charge in [0.15, 0.2) is 0 Å². The van der Waals surface area contributed by atoms with E-state index >= 15 is 0 Å². The minimum Gasteiger partial charge on any atom is -0.481 e. The molecule has 0 radical (unpaired) electrons. The fourth-order valence-electron chi connectivity index (χ4n) is 3.30. The van der Waals surface area contributed by atoms with E-state index in [1.165, 1.54) is 0 Å². The molecule has 0 bridgehead atoms. The van der Waals surface area contributed by atoms with Crippen LogP contribution in [0.3, 0.4) is 0 Å². The molecule has 5 nitrogen and oxygen atoms in total. The van der Waals surface area contributed by atoms with Crippen molar-refractivity contribution in [1.29, 1.82) is 0 Å². The lowest BCUT2D eigenvalue weighted by Crippen LogP contribution is -2.36. The van der Waals surface area contributed by atoms with Crippen molar-refractivity contribution in [2.45, 2.75) is 45.4 Å². The van der Waals surface area contributed by atoms with Crippen LogP contribution in [-0.2, 0) is 9.59 Å². The highest BCUT2D eigenvalue weighted by Crippen LogP contribution is 2.44. The molecule has 0 saturated heterocycles. The van der Waals surface area contributed by atoms with Gasteiger partial charge in [0, 0.05) is 31.0 Å². The molecule has 21 heavy (non-hydrogen) atoms. The molecule has 0 unspecified atom stereocenters. The number of aromatic nitrogens is 1. The maximum Gasteiger partial charge on any atom is 0.303 e. The number of rotatable bonds is 6. The zero-order valence-corrected chi connectivity index (χ0v) is 12.4. The van der Waals surface area contributed by atoms with Crippen LogP contribution >= 0.6 is 0 Å². The molecule has 1 aliphatic carbocycles. The number of anilines is 1. The van der Waals surface area contributed by atoms with Gasteiger partial charge in [0.25, 0.3) is 0 Å². The van der Waals surface area contributed by atoms with Gasteiger partial charge >= 0.3 is 5.97 Å². The first-order valence-electron chi connectivity index (χ1n) is 7.48. The quantitative estimate of drug-likeness (QED) is 0.874. The van der Waals surface area contributed by atoms with Crippen LogP contribution < -0.4 is 4.90 Å². The van der Waals surface area contributed by atoms with E-state index in [1.807, 2.05) is 6.92 Å². The van der Waals surface area contributed by atoms with Crippen LogP contribution in [0.25, 0.3) is 0 Å². The number of carbonyl (C=O) groups is 2. The maximum atomic E-state index is 12.6. The van der Waals surface area contributed by atoms with Crippen LogP contribution in [0.4, 0.5) is 5.69 Å². The second kappa shape index (κ2) is 6.70. The minimum atomic E-state index is -0.809. The predicted octanol–water partition coefficient (Wildman–Crippen LogP) is 2.86. The lowest BCUT2D eigenvalue weighted by atomic mass is 9.79. The molecular weight excluding hydrogens is 268 g/mol. The van der Waals surface area contributed by atoms with Crippen molar-refractivity contribution in [3.05, 3.63) is 24.5 Å². The molecule has 1 amide bonds. The second-order valence-corrected chi connectivity index (χ2v) is 5.80. The Morgan fingerprint density at radius 3 is 2.38 bits per heavy atom. The lowest BCUT2D eigenvalue weighted by molar-refractivity contribution is -0.140. The summed E-state index contributed by atoms with van der Waals surface area (Å²) in [5.41, 5.74) is 0.463. The molecule has 5 heteroatoms. The van der Waals surface area contributed by atoms with E-state index in [-0.39, 0.29) is 17.7 Å². The van der Waals surface area contributed by atoms with Gasteiger partial charge in [-0.1, -0.05) is 12.8 Å². The highest BCUT2D eigenvalue weighted by Gasteiger charge is 2.39. The van der Waals surface area contributed by atoms with Crippen LogP contribution in [0.1, 0.15) is 45.4 Å². The van der Waals surface area contributed by atoms with E-state index in [0.29, 0.717) is 13.0 Å². The van der Waals surface area contributed by atoms with Gasteiger partial charge in [-0.05, 0) is 37.3 Å². The molecule has 1 aromatic rings. The van der Waals surface area contributed by atoms with Crippen LogP contribution in [0.2, 0.25) is 0 Å². The third-order valence-electron chi connectivity index (χ3n) is 4.31. The van der Waals surface area contributed by atoms with Crippen molar-refractivity contribution < 1.29 is 14.7 Å². The number of amides is 1. The summed E-state index contributed by atoms with van der Waals surface area (Å²) in [5, 5.41) is 9.13. The fourth-order valence-corrected chi connectivity index (χ4v) is 3.30. The Hall–Kier alpha value is -1.91. The van der Waals surface area contributed by atoms with Crippen molar-refractivity contribution in [1.82, 2.24) is 4.98 Å². The molecule has 1 N–H and O–H groups in total. The van der Waals surface area contributed by atoms with Crippen molar-refractivity contribution in [2.24, 2.45) is 5.41 Å². The standard InChI is InChI=1S/C16H22N2O3/c1-2-18(13-5-9-17-10-6-13)14(19)11-16(12-15(20)21)7-3-4-8-16/h5-6,9-10H,2-4,7-8,11-12H2,1H3,(H,20,21).